The first-order valence-electron chi connectivity index (χ1n) is 4.08. The van der Waals surface area contributed by atoms with Crippen molar-refractivity contribution in [3.63, 3.8) is 0 Å². The quantitative estimate of drug-likeness (QED) is 0.509. The highest BCUT2D eigenvalue weighted by atomic mass is 16.5. The molecule has 5 heteroatoms. The van der Waals surface area contributed by atoms with E-state index in [9.17, 15) is 4.79 Å². The van der Waals surface area contributed by atoms with Crippen molar-refractivity contribution in [2.45, 2.75) is 12.5 Å². The van der Waals surface area contributed by atoms with E-state index in [2.05, 4.69) is 10.6 Å². The molecule has 1 amide bonds. The number of nitrogens with one attached hydrogen (secondary N) is 2. The molecule has 0 spiro atoms. The lowest BCUT2D eigenvalue weighted by atomic mass is 10.3. The van der Waals surface area contributed by atoms with Crippen LogP contribution >= 0.6 is 0 Å². The number of hydrogen-bond acceptors (Lipinski definition) is 3. The van der Waals surface area contributed by atoms with Gasteiger partial charge < -0.3 is 20.5 Å². The molecule has 0 saturated carbocycles. The molecule has 1 aliphatic heterocycles. The second-order valence-corrected chi connectivity index (χ2v) is 2.72. The van der Waals surface area contributed by atoms with Crippen LogP contribution < -0.4 is 10.6 Å². The van der Waals surface area contributed by atoms with Gasteiger partial charge in [0.2, 0.25) is 0 Å². The minimum Gasteiger partial charge on any atom is -0.465 e. The molecular formula is C7H14N2O3. The lowest BCUT2D eigenvalue weighted by Crippen LogP contribution is -2.27. The van der Waals surface area contributed by atoms with E-state index in [4.69, 9.17) is 9.84 Å². The van der Waals surface area contributed by atoms with Crippen LogP contribution in [0.3, 0.4) is 0 Å². The van der Waals surface area contributed by atoms with Gasteiger partial charge in [-0.3, -0.25) is 0 Å². The van der Waals surface area contributed by atoms with E-state index in [0.29, 0.717) is 13.2 Å². The maximum absolute atomic E-state index is 10.0. The number of rotatable bonds is 4. The molecule has 3 N–H and O–H groups in total. The van der Waals surface area contributed by atoms with Crippen molar-refractivity contribution in [1.29, 1.82) is 0 Å². The van der Waals surface area contributed by atoms with Crippen LogP contribution in [0, 0.1) is 0 Å². The molecule has 0 aromatic heterocycles. The molecule has 0 aromatic rings. The Hall–Kier alpha value is -0.810. The molecule has 1 saturated heterocycles. The van der Waals surface area contributed by atoms with Gasteiger partial charge >= 0.3 is 6.09 Å². The van der Waals surface area contributed by atoms with Crippen molar-refractivity contribution < 1.29 is 14.6 Å². The van der Waals surface area contributed by atoms with Crippen molar-refractivity contribution in [2.24, 2.45) is 0 Å². The molecular weight excluding hydrogens is 160 g/mol. The van der Waals surface area contributed by atoms with Crippen molar-refractivity contribution >= 4 is 6.09 Å². The van der Waals surface area contributed by atoms with Crippen LogP contribution in [0.25, 0.3) is 0 Å². The summed E-state index contributed by atoms with van der Waals surface area (Å²) in [6.07, 6.45) is 0.288. The van der Waals surface area contributed by atoms with Crippen molar-refractivity contribution in [2.75, 3.05) is 26.2 Å². The summed E-state index contributed by atoms with van der Waals surface area (Å²) >= 11 is 0. The van der Waals surface area contributed by atoms with E-state index in [1.165, 1.54) is 0 Å². The van der Waals surface area contributed by atoms with Crippen LogP contribution in [0.2, 0.25) is 0 Å². The Labute approximate surface area is 71.1 Å². The largest absolute Gasteiger partial charge is 0.465 e. The average Bonchev–Trinajstić information content (AvgIpc) is 2.49. The van der Waals surface area contributed by atoms with Gasteiger partial charge in [0.15, 0.2) is 0 Å². The van der Waals surface area contributed by atoms with Crippen LogP contribution in [0.5, 0.6) is 0 Å². The SMILES string of the molecule is O=C(O)NCCOC1CCNC1. The van der Waals surface area contributed by atoms with E-state index >= 15 is 0 Å². The molecule has 1 atom stereocenters. The summed E-state index contributed by atoms with van der Waals surface area (Å²) in [6.45, 7) is 2.70. The number of hydrogen-bond donors (Lipinski definition) is 3. The molecule has 1 heterocycles. The number of carbonyl (C=O) groups is 1. The lowest BCUT2D eigenvalue weighted by molar-refractivity contribution is 0.0688. The molecule has 1 unspecified atom stereocenters. The monoisotopic (exact) mass is 174 g/mol. The Balaban J connectivity index is 1.91. The molecule has 1 aliphatic rings. The van der Waals surface area contributed by atoms with Gasteiger partial charge in [-0.15, -0.1) is 0 Å². The highest BCUT2D eigenvalue weighted by molar-refractivity contribution is 5.64. The number of ether oxygens (including phenoxy) is 1. The molecule has 12 heavy (non-hydrogen) atoms. The number of carboxylic acid groups (broad SMARTS) is 1. The molecule has 1 fully saturated rings. The van der Waals surface area contributed by atoms with Crippen LogP contribution in [0.4, 0.5) is 4.79 Å². The summed E-state index contributed by atoms with van der Waals surface area (Å²) in [5, 5.41) is 13.6. The van der Waals surface area contributed by atoms with Crippen molar-refractivity contribution in [3.05, 3.63) is 0 Å². The van der Waals surface area contributed by atoms with Gasteiger partial charge in [0.25, 0.3) is 0 Å². The zero-order valence-corrected chi connectivity index (χ0v) is 6.88. The van der Waals surface area contributed by atoms with Crippen LogP contribution in [0.1, 0.15) is 6.42 Å². The van der Waals surface area contributed by atoms with Crippen LogP contribution in [-0.2, 0) is 4.74 Å². The van der Waals surface area contributed by atoms with E-state index in [0.717, 1.165) is 19.5 Å². The van der Waals surface area contributed by atoms with Gasteiger partial charge in [-0.2, -0.15) is 0 Å². The fourth-order valence-corrected chi connectivity index (χ4v) is 1.15. The summed E-state index contributed by atoms with van der Waals surface area (Å²) in [5.74, 6) is 0. The highest BCUT2D eigenvalue weighted by Gasteiger charge is 2.13. The third kappa shape index (κ3) is 3.54. The van der Waals surface area contributed by atoms with Crippen molar-refractivity contribution in [3.8, 4) is 0 Å². The summed E-state index contributed by atoms with van der Waals surface area (Å²) in [5.41, 5.74) is 0. The van der Waals surface area contributed by atoms with Gasteiger partial charge in [0, 0.05) is 13.1 Å². The molecule has 1 rings (SSSR count). The molecule has 5 nitrogen and oxygen atoms in total. The predicted octanol–water partition coefficient (Wildman–Crippen LogP) is -0.368. The van der Waals surface area contributed by atoms with Gasteiger partial charge in [-0.25, -0.2) is 4.79 Å². The second kappa shape index (κ2) is 4.95. The zero-order valence-electron chi connectivity index (χ0n) is 6.88. The van der Waals surface area contributed by atoms with Crippen LogP contribution in [0.15, 0.2) is 0 Å². The van der Waals surface area contributed by atoms with Crippen LogP contribution in [-0.4, -0.2) is 43.5 Å². The normalized spacial score (nSPS) is 22.5. The van der Waals surface area contributed by atoms with E-state index in [1.807, 2.05) is 0 Å². The first-order chi connectivity index (χ1) is 5.79. The minimum atomic E-state index is -0.997. The molecule has 0 radical (unpaired) electrons. The van der Waals surface area contributed by atoms with Gasteiger partial charge in [-0.1, -0.05) is 0 Å². The zero-order chi connectivity index (χ0) is 8.81. The highest BCUT2D eigenvalue weighted by Crippen LogP contribution is 2.01. The first-order valence-corrected chi connectivity index (χ1v) is 4.08. The third-order valence-corrected chi connectivity index (χ3v) is 1.75. The topological polar surface area (TPSA) is 70.6 Å². The predicted molar refractivity (Wildman–Crippen MR) is 43.3 cm³/mol. The van der Waals surface area contributed by atoms with Crippen molar-refractivity contribution in [1.82, 2.24) is 10.6 Å². The molecule has 0 aromatic carbocycles. The smallest absolute Gasteiger partial charge is 0.404 e. The Morgan fingerprint density at radius 2 is 2.58 bits per heavy atom. The fourth-order valence-electron chi connectivity index (χ4n) is 1.15. The fraction of sp³-hybridized carbons (Fsp3) is 0.857. The molecule has 70 valence electrons. The maximum Gasteiger partial charge on any atom is 0.404 e. The van der Waals surface area contributed by atoms with Gasteiger partial charge in [0.05, 0.1) is 12.7 Å². The van der Waals surface area contributed by atoms with E-state index in [1.54, 1.807) is 0 Å². The molecule has 0 bridgehead atoms. The second-order valence-electron chi connectivity index (χ2n) is 2.72. The lowest BCUT2D eigenvalue weighted by Gasteiger charge is -2.09. The van der Waals surface area contributed by atoms with Gasteiger partial charge in [-0.05, 0) is 13.0 Å². The average molecular weight is 174 g/mol. The summed E-state index contributed by atoms with van der Waals surface area (Å²) in [4.78, 5) is 10.0. The van der Waals surface area contributed by atoms with E-state index in [-0.39, 0.29) is 6.10 Å². The first kappa shape index (κ1) is 9.28. The minimum absolute atomic E-state index is 0.264. The Morgan fingerprint density at radius 1 is 1.75 bits per heavy atom. The van der Waals surface area contributed by atoms with Gasteiger partial charge in [0.1, 0.15) is 0 Å². The summed E-state index contributed by atoms with van der Waals surface area (Å²) in [7, 11) is 0. The maximum atomic E-state index is 10.0. The summed E-state index contributed by atoms with van der Waals surface area (Å²) < 4.78 is 5.36. The summed E-state index contributed by atoms with van der Waals surface area (Å²) in [6, 6.07) is 0. The third-order valence-electron chi connectivity index (χ3n) is 1.75. The standard InChI is InChI=1S/C7H14N2O3/c10-7(11)9-3-4-12-6-1-2-8-5-6/h6,8-9H,1-5H2,(H,10,11). The van der Waals surface area contributed by atoms with E-state index < -0.39 is 6.09 Å². The Kier molecular flexibility index (Phi) is 3.83. The number of amides is 1. The molecule has 0 aliphatic carbocycles. The Morgan fingerprint density at radius 3 is 3.17 bits per heavy atom. The Bertz CT molecular complexity index is 146.